The zero-order valence-electron chi connectivity index (χ0n) is 28.3. The molecule has 5 nitrogen and oxygen atoms in total. The number of hydrogen-bond acceptors (Lipinski definition) is 3. The number of aromatic nitrogens is 4. The summed E-state index contributed by atoms with van der Waals surface area (Å²) in [4.78, 5) is 4.80. The van der Waals surface area contributed by atoms with Gasteiger partial charge in [-0.25, -0.2) is 9.67 Å². The number of ether oxygens (including phenoxy) is 1. The van der Waals surface area contributed by atoms with Gasteiger partial charge in [0.05, 0.1) is 22.4 Å². The lowest BCUT2D eigenvalue weighted by Gasteiger charge is -2.35. The number of fused-ring (bicyclic) bond motifs is 3. The molecule has 0 aliphatic heterocycles. The van der Waals surface area contributed by atoms with Crippen LogP contribution in [0.4, 0.5) is 0 Å². The van der Waals surface area contributed by atoms with Gasteiger partial charge in [0.25, 0.3) is 0 Å². The lowest BCUT2D eigenvalue weighted by atomic mass is 9.69. The second-order valence-corrected chi connectivity index (χ2v) is 13.7. The van der Waals surface area contributed by atoms with Gasteiger partial charge in [0.15, 0.2) is 0 Å². The first kappa shape index (κ1) is 30.0. The first-order chi connectivity index (χ1) is 22.1. The Morgan fingerprint density at radius 3 is 2.35 bits per heavy atom. The molecule has 3 atom stereocenters. The van der Waals surface area contributed by atoms with Crippen LogP contribution < -0.4 is 4.74 Å². The molecule has 1 unspecified atom stereocenters. The summed E-state index contributed by atoms with van der Waals surface area (Å²) < 4.78 is 10.9. The molecule has 0 amide bonds. The lowest BCUT2D eigenvalue weighted by Crippen LogP contribution is -2.23. The number of para-hydroxylation sites is 1. The van der Waals surface area contributed by atoms with E-state index in [2.05, 4.69) is 137 Å². The minimum atomic E-state index is 0.401. The van der Waals surface area contributed by atoms with Crippen molar-refractivity contribution in [1.82, 2.24) is 19.3 Å². The Kier molecular flexibility index (Phi) is 7.59. The number of aryl methyl sites for hydroxylation is 1. The highest BCUT2D eigenvalue weighted by molar-refractivity contribution is 6.09. The van der Waals surface area contributed by atoms with E-state index in [1.807, 2.05) is 12.3 Å². The SMILES string of the molecule is CC1=C(C)[C@@H](c2c(C)nn(-c3cccc(Oc4ccc5c6ccccc6n(-c6cc(C(C)C)ccn6)c5c4)c3)c2C)[C@@H](C)CC1C. The minimum Gasteiger partial charge on any atom is -0.457 e. The van der Waals surface area contributed by atoms with E-state index in [4.69, 9.17) is 14.8 Å². The van der Waals surface area contributed by atoms with Gasteiger partial charge in [-0.15, -0.1) is 0 Å². The molecule has 0 saturated carbocycles. The molecule has 1 aliphatic carbocycles. The van der Waals surface area contributed by atoms with Crippen molar-refractivity contribution in [1.29, 1.82) is 0 Å². The van der Waals surface area contributed by atoms with Gasteiger partial charge in [0.1, 0.15) is 17.3 Å². The highest BCUT2D eigenvalue weighted by atomic mass is 16.5. The Bertz CT molecular complexity index is 2130. The monoisotopic (exact) mass is 608 g/mol. The summed E-state index contributed by atoms with van der Waals surface area (Å²) in [6.45, 7) is 18.2. The van der Waals surface area contributed by atoms with Crippen LogP contribution in [0, 0.1) is 25.7 Å². The molecular formula is C41H44N4O. The number of pyridine rings is 1. The largest absolute Gasteiger partial charge is 0.457 e. The summed E-state index contributed by atoms with van der Waals surface area (Å²) in [5.41, 5.74) is 11.2. The summed E-state index contributed by atoms with van der Waals surface area (Å²) in [5.74, 6) is 4.51. The van der Waals surface area contributed by atoms with Gasteiger partial charge in [0.2, 0.25) is 0 Å². The highest BCUT2D eigenvalue weighted by Gasteiger charge is 2.33. The summed E-state index contributed by atoms with van der Waals surface area (Å²) in [5, 5.41) is 7.45. The van der Waals surface area contributed by atoms with Crippen LogP contribution >= 0.6 is 0 Å². The molecule has 3 aromatic heterocycles. The van der Waals surface area contributed by atoms with Crippen LogP contribution in [0.25, 0.3) is 33.3 Å². The van der Waals surface area contributed by atoms with E-state index in [1.165, 1.54) is 45.2 Å². The summed E-state index contributed by atoms with van der Waals surface area (Å²) >= 11 is 0. The second-order valence-electron chi connectivity index (χ2n) is 13.7. The van der Waals surface area contributed by atoms with Gasteiger partial charge in [-0.3, -0.25) is 4.57 Å². The zero-order chi connectivity index (χ0) is 32.3. The van der Waals surface area contributed by atoms with E-state index in [9.17, 15) is 0 Å². The quantitative estimate of drug-likeness (QED) is 0.177. The fraction of sp³-hybridized carbons (Fsp3) is 0.317. The molecule has 0 fully saturated rings. The molecule has 7 rings (SSSR count). The van der Waals surface area contributed by atoms with Crippen LogP contribution in [0.1, 0.15) is 82.3 Å². The highest BCUT2D eigenvalue weighted by Crippen LogP contribution is 2.46. The smallest absolute Gasteiger partial charge is 0.137 e. The maximum Gasteiger partial charge on any atom is 0.137 e. The Hall–Kier alpha value is -4.64. The van der Waals surface area contributed by atoms with Crippen LogP contribution in [0.2, 0.25) is 0 Å². The standard InChI is InChI=1S/C41H44N4O/c1-24(2)31-18-19-42-39(21-31)44-37-15-10-9-14-35(37)36-17-16-34(23-38(36)44)46-33-13-11-12-32(22-33)45-30(8)41(29(7)43-45)40-26(4)20-25(3)27(5)28(40)6/h9-19,21-26,40H,20H2,1-8H3/t25?,26-,40-/m0/s1. The first-order valence-corrected chi connectivity index (χ1v) is 16.6. The number of nitrogens with zero attached hydrogens (tertiary/aromatic N) is 4. The molecule has 3 aromatic carbocycles. The third kappa shape index (κ3) is 5.02. The Morgan fingerprint density at radius 2 is 1.54 bits per heavy atom. The van der Waals surface area contributed by atoms with Crippen LogP contribution in [-0.4, -0.2) is 19.3 Å². The van der Waals surface area contributed by atoms with Gasteiger partial charge >= 0.3 is 0 Å². The molecule has 3 heterocycles. The van der Waals surface area contributed by atoms with Gasteiger partial charge < -0.3 is 4.74 Å². The fourth-order valence-corrected chi connectivity index (χ4v) is 7.78. The average molecular weight is 609 g/mol. The Morgan fingerprint density at radius 1 is 0.783 bits per heavy atom. The van der Waals surface area contributed by atoms with Crippen molar-refractivity contribution in [3.8, 4) is 23.0 Å². The predicted molar refractivity (Wildman–Crippen MR) is 190 cm³/mol. The van der Waals surface area contributed by atoms with Crippen molar-refractivity contribution >= 4 is 21.8 Å². The van der Waals surface area contributed by atoms with E-state index in [0.29, 0.717) is 23.7 Å². The maximum atomic E-state index is 6.57. The van der Waals surface area contributed by atoms with Gasteiger partial charge in [-0.05, 0) is 99.9 Å². The molecule has 234 valence electrons. The lowest BCUT2D eigenvalue weighted by molar-refractivity contribution is 0.374. The summed E-state index contributed by atoms with van der Waals surface area (Å²) in [6.07, 6.45) is 3.12. The van der Waals surface area contributed by atoms with E-state index in [1.54, 1.807) is 0 Å². The molecule has 46 heavy (non-hydrogen) atoms. The van der Waals surface area contributed by atoms with Crippen molar-refractivity contribution in [3.05, 3.63) is 119 Å². The molecule has 6 aromatic rings. The number of benzene rings is 3. The third-order valence-electron chi connectivity index (χ3n) is 10.4. The first-order valence-electron chi connectivity index (χ1n) is 16.6. The van der Waals surface area contributed by atoms with Crippen molar-refractivity contribution in [2.75, 3.05) is 0 Å². The van der Waals surface area contributed by atoms with Crippen molar-refractivity contribution in [2.24, 2.45) is 11.8 Å². The maximum absolute atomic E-state index is 6.57. The minimum absolute atomic E-state index is 0.401. The van der Waals surface area contributed by atoms with E-state index in [-0.39, 0.29) is 0 Å². The second kappa shape index (κ2) is 11.6. The van der Waals surface area contributed by atoms with Crippen molar-refractivity contribution < 1.29 is 4.74 Å². The van der Waals surface area contributed by atoms with E-state index in [0.717, 1.165) is 39.7 Å². The third-order valence-corrected chi connectivity index (χ3v) is 10.4. The average Bonchev–Trinajstić information content (AvgIpc) is 3.53. The van der Waals surface area contributed by atoms with Crippen LogP contribution in [-0.2, 0) is 0 Å². The normalized spacial score (nSPS) is 18.7. The van der Waals surface area contributed by atoms with Crippen molar-refractivity contribution in [3.63, 3.8) is 0 Å². The number of allylic oxidation sites excluding steroid dienone is 2. The van der Waals surface area contributed by atoms with Gasteiger partial charge in [0, 0.05) is 46.3 Å². The molecule has 0 N–H and O–H groups in total. The Balaban J connectivity index is 1.26. The summed E-state index contributed by atoms with van der Waals surface area (Å²) in [7, 11) is 0. The van der Waals surface area contributed by atoms with Gasteiger partial charge in [-0.2, -0.15) is 5.10 Å². The molecular weight excluding hydrogens is 564 g/mol. The van der Waals surface area contributed by atoms with Crippen molar-refractivity contribution in [2.45, 2.75) is 73.6 Å². The molecule has 5 heteroatoms. The summed E-state index contributed by atoms with van der Waals surface area (Å²) in [6, 6.07) is 27.5. The van der Waals surface area contributed by atoms with E-state index >= 15 is 0 Å². The molecule has 0 bridgehead atoms. The van der Waals surface area contributed by atoms with E-state index < -0.39 is 0 Å². The molecule has 0 saturated heterocycles. The number of rotatable bonds is 6. The fourth-order valence-electron chi connectivity index (χ4n) is 7.78. The zero-order valence-corrected chi connectivity index (χ0v) is 28.3. The van der Waals surface area contributed by atoms with Crippen LogP contribution in [0.3, 0.4) is 0 Å². The Labute approximate surface area is 272 Å². The van der Waals surface area contributed by atoms with Crippen LogP contribution in [0.5, 0.6) is 11.5 Å². The predicted octanol–water partition coefficient (Wildman–Crippen LogP) is 11.0. The van der Waals surface area contributed by atoms with Gasteiger partial charge in [-0.1, -0.05) is 63.1 Å². The topological polar surface area (TPSA) is 44.9 Å². The molecule has 0 radical (unpaired) electrons. The van der Waals surface area contributed by atoms with Crippen LogP contribution in [0.15, 0.2) is 96.2 Å². The molecule has 0 spiro atoms. The molecule has 1 aliphatic rings. The number of hydrogen-bond donors (Lipinski definition) is 0.